The maximum atomic E-state index is 13.0. The number of hydrogen-bond donors (Lipinski definition) is 0. The fraction of sp³-hybridized carbons (Fsp3) is 0.261. The van der Waals surface area contributed by atoms with E-state index in [0.29, 0.717) is 0 Å². The number of benzene rings is 2. The van der Waals surface area contributed by atoms with Crippen LogP contribution in [0.5, 0.6) is 0 Å². The molecule has 0 N–H and O–H groups in total. The molecule has 0 aliphatic rings. The fourth-order valence-corrected chi connectivity index (χ4v) is 3.57. The summed E-state index contributed by atoms with van der Waals surface area (Å²) in [6, 6.07) is 16.4. The summed E-state index contributed by atoms with van der Waals surface area (Å²) < 4.78 is 27.4. The molecule has 0 saturated heterocycles. The lowest BCUT2D eigenvalue weighted by molar-refractivity contribution is 0.478. The van der Waals surface area contributed by atoms with Crippen molar-refractivity contribution in [2.24, 2.45) is 0 Å². The van der Waals surface area contributed by atoms with Crippen molar-refractivity contribution in [3.63, 3.8) is 0 Å². The molecule has 2 aromatic rings. The molecular weight excluding hydrogens is 354 g/mol. The Bertz CT molecular complexity index is 972. The first-order chi connectivity index (χ1) is 12.9. The van der Waals surface area contributed by atoms with Gasteiger partial charge in [-0.1, -0.05) is 54.7 Å². The standard InChI is InChI=1S/C23H25NO2S/c1-4-20(2)10-8-18-24(19-9-13-22-11-6-5-7-12-22)27(25,26)23-16-14-21(3)15-17-23/h5-8,11-12,14-17H,4,18-19H2,1-3H3. The Morgan fingerprint density at radius 2 is 1.74 bits per heavy atom. The van der Waals surface area contributed by atoms with Gasteiger partial charge in [-0.3, -0.25) is 0 Å². The van der Waals surface area contributed by atoms with Crippen LogP contribution in [0, 0.1) is 18.8 Å². The molecule has 27 heavy (non-hydrogen) atoms. The Labute approximate surface area is 163 Å². The van der Waals surface area contributed by atoms with E-state index in [9.17, 15) is 8.42 Å². The minimum Gasteiger partial charge on any atom is -0.207 e. The molecule has 0 unspecified atom stereocenters. The number of aryl methyl sites for hydroxylation is 1. The minimum absolute atomic E-state index is 0.120. The van der Waals surface area contributed by atoms with E-state index in [2.05, 4.69) is 17.6 Å². The molecule has 140 valence electrons. The van der Waals surface area contributed by atoms with Crippen molar-refractivity contribution in [3.8, 4) is 11.8 Å². The van der Waals surface area contributed by atoms with Gasteiger partial charge in [0.05, 0.1) is 11.4 Å². The Balaban J connectivity index is 2.30. The Morgan fingerprint density at radius 1 is 1.07 bits per heavy atom. The summed E-state index contributed by atoms with van der Waals surface area (Å²) in [5, 5.41) is 0. The Kier molecular flexibility index (Phi) is 7.64. The third kappa shape index (κ3) is 6.27. The Morgan fingerprint density at radius 3 is 2.37 bits per heavy atom. The van der Waals surface area contributed by atoms with Gasteiger partial charge in [-0.2, -0.15) is 4.31 Å². The summed E-state index contributed by atoms with van der Waals surface area (Å²) in [5.41, 5.74) is 6.11. The largest absolute Gasteiger partial charge is 0.244 e. The molecule has 0 aromatic heterocycles. The highest BCUT2D eigenvalue weighted by atomic mass is 32.2. The predicted octanol–water partition coefficient (Wildman–Crippen LogP) is 4.55. The second-order valence-electron chi connectivity index (χ2n) is 6.26. The van der Waals surface area contributed by atoms with E-state index in [1.807, 2.05) is 51.1 Å². The predicted molar refractivity (Wildman–Crippen MR) is 111 cm³/mol. The van der Waals surface area contributed by atoms with Crippen molar-refractivity contribution in [1.29, 1.82) is 0 Å². The number of rotatable bonds is 6. The van der Waals surface area contributed by atoms with Crippen LogP contribution in [0.3, 0.4) is 0 Å². The molecule has 3 nitrogen and oxygen atoms in total. The molecule has 0 radical (unpaired) electrons. The molecule has 0 aliphatic carbocycles. The highest BCUT2D eigenvalue weighted by Crippen LogP contribution is 2.16. The monoisotopic (exact) mass is 379 g/mol. The lowest BCUT2D eigenvalue weighted by Crippen LogP contribution is -2.31. The lowest BCUT2D eigenvalue weighted by atomic mass is 10.2. The summed E-state index contributed by atoms with van der Waals surface area (Å²) in [5.74, 6) is 6.01. The average Bonchev–Trinajstić information content (AvgIpc) is 2.67. The van der Waals surface area contributed by atoms with E-state index in [0.717, 1.165) is 23.1 Å². The Hall–Kier alpha value is -2.57. The molecule has 0 spiro atoms. The molecule has 0 amide bonds. The highest BCUT2D eigenvalue weighted by Gasteiger charge is 2.22. The van der Waals surface area contributed by atoms with Gasteiger partial charge in [0, 0.05) is 12.1 Å². The number of hydrogen-bond acceptors (Lipinski definition) is 2. The van der Waals surface area contributed by atoms with Crippen LogP contribution >= 0.6 is 0 Å². The zero-order valence-corrected chi connectivity index (χ0v) is 16.9. The van der Waals surface area contributed by atoms with Crippen LogP contribution in [0.2, 0.25) is 0 Å². The van der Waals surface area contributed by atoms with Crippen LogP contribution in [0.25, 0.3) is 0 Å². The van der Waals surface area contributed by atoms with Gasteiger partial charge in [0.2, 0.25) is 10.0 Å². The van der Waals surface area contributed by atoms with E-state index in [1.165, 1.54) is 4.31 Å². The van der Waals surface area contributed by atoms with Crippen molar-refractivity contribution < 1.29 is 8.42 Å². The third-order valence-corrected chi connectivity index (χ3v) is 5.92. The van der Waals surface area contributed by atoms with Crippen LogP contribution in [-0.4, -0.2) is 25.8 Å². The van der Waals surface area contributed by atoms with Crippen LogP contribution in [0.15, 0.2) is 76.9 Å². The first-order valence-corrected chi connectivity index (χ1v) is 10.4. The van der Waals surface area contributed by atoms with Gasteiger partial charge in [-0.25, -0.2) is 8.42 Å². The van der Waals surface area contributed by atoms with Gasteiger partial charge in [0.25, 0.3) is 0 Å². The summed E-state index contributed by atoms with van der Waals surface area (Å²) >= 11 is 0. The van der Waals surface area contributed by atoms with E-state index in [4.69, 9.17) is 0 Å². The molecule has 0 heterocycles. The zero-order chi connectivity index (χ0) is 19.7. The molecule has 0 saturated carbocycles. The summed E-state index contributed by atoms with van der Waals surface area (Å²) in [4.78, 5) is 0.277. The first kappa shape index (κ1) is 20.7. The van der Waals surface area contributed by atoms with Gasteiger partial charge >= 0.3 is 0 Å². The molecule has 4 heteroatoms. The number of sulfonamides is 1. The summed E-state index contributed by atoms with van der Waals surface area (Å²) in [6.45, 7) is 6.30. The van der Waals surface area contributed by atoms with E-state index in [1.54, 1.807) is 30.3 Å². The van der Waals surface area contributed by atoms with Gasteiger partial charge in [0.15, 0.2) is 0 Å². The second kappa shape index (κ2) is 9.94. The smallest absolute Gasteiger partial charge is 0.207 e. The summed E-state index contributed by atoms with van der Waals surface area (Å²) in [7, 11) is -3.63. The average molecular weight is 380 g/mol. The first-order valence-electron chi connectivity index (χ1n) is 8.95. The molecule has 2 aromatic carbocycles. The lowest BCUT2D eigenvalue weighted by Gasteiger charge is -2.18. The van der Waals surface area contributed by atoms with Crippen molar-refractivity contribution in [3.05, 3.63) is 83.1 Å². The number of nitrogens with zero attached hydrogens (tertiary/aromatic N) is 1. The van der Waals surface area contributed by atoms with Crippen molar-refractivity contribution in [2.45, 2.75) is 32.1 Å². The SMILES string of the molecule is CCC(C)=C=CCN(CC#Cc1ccccc1)S(=O)(=O)c1ccc(C)cc1. The maximum absolute atomic E-state index is 13.0. The van der Waals surface area contributed by atoms with E-state index < -0.39 is 10.0 Å². The van der Waals surface area contributed by atoms with E-state index >= 15 is 0 Å². The van der Waals surface area contributed by atoms with Crippen LogP contribution in [0.4, 0.5) is 0 Å². The van der Waals surface area contributed by atoms with Gasteiger partial charge < -0.3 is 0 Å². The topological polar surface area (TPSA) is 37.4 Å². The maximum Gasteiger partial charge on any atom is 0.244 e. The quantitative estimate of drug-likeness (QED) is 0.545. The molecular formula is C23H25NO2S. The molecule has 0 atom stereocenters. The van der Waals surface area contributed by atoms with Crippen molar-refractivity contribution in [2.75, 3.05) is 13.1 Å². The minimum atomic E-state index is -3.63. The molecule has 0 aliphatic heterocycles. The molecule has 0 fully saturated rings. The summed E-state index contributed by atoms with van der Waals surface area (Å²) in [6.07, 6.45) is 2.64. The van der Waals surface area contributed by atoms with Gasteiger partial charge in [-0.05, 0) is 56.2 Å². The van der Waals surface area contributed by atoms with Gasteiger partial charge in [0.1, 0.15) is 0 Å². The fourth-order valence-electron chi connectivity index (χ4n) is 2.28. The van der Waals surface area contributed by atoms with Crippen LogP contribution in [0.1, 0.15) is 31.4 Å². The van der Waals surface area contributed by atoms with Crippen LogP contribution in [-0.2, 0) is 10.0 Å². The second-order valence-corrected chi connectivity index (χ2v) is 8.20. The normalized spacial score (nSPS) is 10.7. The molecule has 2 rings (SSSR count). The van der Waals surface area contributed by atoms with Crippen molar-refractivity contribution in [1.82, 2.24) is 4.31 Å². The highest BCUT2D eigenvalue weighted by molar-refractivity contribution is 7.89. The zero-order valence-electron chi connectivity index (χ0n) is 16.1. The third-order valence-electron chi connectivity index (χ3n) is 4.09. The van der Waals surface area contributed by atoms with Gasteiger partial charge in [-0.15, -0.1) is 5.73 Å². The van der Waals surface area contributed by atoms with Crippen LogP contribution < -0.4 is 0 Å². The molecule has 0 bridgehead atoms. The van der Waals surface area contributed by atoms with Crippen molar-refractivity contribution >= 4 is 10.0 Å². The van der Waals surface area contributed by atoms with E-state index in [-0.39, 0.29) is 18.0 Å².